The van der Waals surface area contributed by atoms with Crippen LogP contribution in [0.4, 0.5) is 9.52 Å². The second-order valence-corrected chi connectivity index (χ2v) is 7.50. The molecule has 4 aromatic rings. The predicted molar refractivity (Wildman–Crippen MR) is 97.6 cm³/mol. The van der Waals surface area contributed by atoms with Crippen LogP contribution in [0.15, 0.2) is 36.4 Å². The number of aromatic nitrogens is 2. The van der Waals surface area contributed by atoms with Crippen LogP contribution in [-0.2, 0) is 13.0 Å². The molecule has 0 atom stereocenters. The van der Waals surface area contributed by atoms with Crippen LogP contribution in [0, 0.1) is 5.82 Å². The van der Waals surface area contributed by atoms with Crippen LogP contribution in [0.5, 0.6) is 0 Å². The molecular formula is C18H13ClFN3S. The van der Waals surface area contributed by atoms with E-state index in [4.69, 9.17) is 16.6 Å². The molecule has 5 rings (SSSR count). The molecular weight excluding hydrogens is 345 g/mol. The summed E-state index contributed by atoms with van der Waals surface area (Å²) in [5.41, 5.74) is 4.35. The van der Waals surface area contributed by atoms with Crippen LogP contribution in [0.25, 0.3) is 21.1 Å². The van der Waals surface area contributed by atoms with Gasteiger partial charge in [0.05, 0.1) is 16.8 Å². The molecule has 0 saturated heterocycles. The summed E-state index contributed by atoms with van der Waals surface area (Å²) in [5, 5.41) is 2.74. The summed E-state index contributed by atoms with van der Waals surface area (Å²) in [4.78, 5) is 10.4. The molecule has 24 heavy (non-hydrogen) atoms. The molecule has 0 bridgehead atoms. The average Bonchev–Trinajstić information content (AvgIpc) is 3.14. The maximum Gasteiger partial charge on any atom is 0.186 e. The topological polar surface area (TPSA) is 31.9 Å². The van der Waals surface area contributed by atoms with Crippen molar-refractivity contribution in [3.05, 3.63) is 58.5 Å². The molecule has 0 fully saturated rings. The Morgan fingerprint density at radius 3 is 3.04 bits per heavy atom. The Morgan fingerprint density at radius 1 is 1.21 bits per heavy atom. The number of fused-ring (bicyclic) bond motifs is 4. The Kier molecular flexibility index (Phi) is 3.08. The first-order valence-electron chi connectivity index (χ1n) is 7.77. The number of rotatable bonds is 1. The van der Waals surface area contributed by atoms with E-state index in [1.807, 2.05) is 24.3 Å². The molecule has 2 aromatic carbocycles. The Balaban J connectivity index is 1.54. The van der Waals surface area contributed by atoms with E-state index in [9.17, 15) is 4.39 Å². The van der Waals surface area contributed by atoms with Gasteiger partial charge in [-0.1, -0.05) is 22.9 Å². The Labute approximate surface area is 146 Å². The molecule has 120 valence electrons. The highest BCUT2D eigenvalue weighted by Gasteiger charge is 2.23. The van der Waals surface area contributed by atoms with Crippen LogP contribution in [0.1, 0.15) is 11.3 Å². The van der Waals surface area contributed by atoms with Gasteiger partial charge in [-0.2, -0.15) is 0 Å². The first-order valence-corrected chi connectivity index (χ1v) is 8.97. The van der Waals surface area contributed by atoms with E-state index in [0.717, 1.165) is 56.5 Å². The quantitative estimate of drug-likeness (QED) is 0.512. The van der Waals surface area contributed by atoms with E-state index in [2.05, 4.69) is 9.88 Å². The van der Waals surface area contributed by atoms with Gasteiger partial charge in [0.1, 0.15) is 5.82 Å². The molecule has 0 radical (unpaired) electrons. The van der Waals surface area contributed by atoms with Gasteiger partial charge in [0.2, 0.25) is 0 Å². The molecule has 3 heterocycles. The van der Waals surface area contributed by atoms with Crippen molar-refractivity contribution in [2.24, 2.45) is 0 Å². The van der Waals surface area contributed by atoms with Gasteiger partial charge in [0.15, 0.2) is 5.13 Å². The van der Waals surface area contributed by atoms with Gasteiger partial charge in [-0.3, -0.25) is 0 Å². The normalized spacial score (nSPS) is 14.5. The van der Waals surface area contributed by atoms with Gasteiger partial charge < -0.3 is 9.88 Å². The number of H-pyrrole nitrogens is 1. The van der Waals surface area contributed by atoms with Gasteiger partial charge in [-0.15, -0.1) is 0 Å². The summed E-state index contributed by atoms with van der Waals surface area (Å²) in [6.45, 7) is 1.64. The van der Waals surface area contributed by atoms with E-state index in [1.165, 1.54) is 11.6 Å². The highest BCUT2D eigenvalue weighted by molar-refractivity contribution is 7.22. The second-order valence-electron chi connectivity index (χ2n) is 6.05. The van der Waals surface area contributed by atoms with Gasteiger partial charge in [0, 0.05) is 28.2 Å². The lowest BCUT2D eigenvalue weighted by molar-refractivity contribution is 0.629. The van der Waals surface area contributed by atoms with Crippen LogP contribution in [-0.4, -0.2) is 16.5 Å². The number of aromatic amines is 1. The van der Waals surface area contributed by atoms with Crippen LogP contribution >= 0.6 is 22.9 Å². The van der Waals surface area contributed by atoms with Crippen molar-refractivity contribution in [2.75, 3.05) is 11.4 Å². The number of halogens is 2. The zero-order valence-corrected chi connectivity index (χ0v) is 14.2. The van der Waals surface area contributed by atoms with Crippen molar-refractivity contribution < 1.29 is 4.39 Å². The highest BCUT2D eigenvalue weighted by atomic mass is 35.5. The number of thiazole rings is 1. The molecule has 0 aliphatic carbocycles. The number of hydrogen-bond donors (Lipinski definition) is 1. The van der Waals surface area contributed by atoms with E-state index >= 15 is 0 Å². The molecule has 0 unspecified atom stereocenters. The predicted octanol–water partition coefficient (Wildman–Crippen LogP) is 5.13. The van der Waals surface area contributed by atoms with Crippen molar-refractivity contribution in [3.63, 3.8) is 0 Å². The fraction of sp³-hybridized carbons (Fsp3) is 0.167. The maximum absolute atomic E-state index is 13.5. The van der Waals surface area contributed by atoms with E-state index in [0.29, 0.717) is 0 Å². The average molecular weight is 358 g/mol. The maximum atomic E-state index is 13.5. The Bertz CT molecular complexity index is 1080. The lowest BCUT2D eigenvalue weighted by Gasteiger charge is -2.26. The fourth-order valence-corrected chi connectivity index (χ4v) is 4.66. The third kappa shape index (κ3) is 2.19. The Hall–Kier alpha value is -2.11. The SMILES string of the molecule is Fc1ccc2[nH]c3c(c2c1)CCN(c1nc2ccc(Cl)cc2s1)C3. The van der Waals surface area contributed by atoms with Gasteiger partial charge >= 0.3 is 0 Å². The third-order valence-electron chi connectivity index (χ3n) is 4.55. The summed E-state index contributed by atoms with van der Waals surface area (Å²) >= 11 is 7.73. The molecule has 3 nitrogen and oxygen atoms in total. The summed E-state index contributed by atoms with van der Waals surface area (Å²) in [6, 6.07) is 10.7. The molecule has 0 saturated carbocycles. The number of benzene rings is 2. The lowest BCUT2D eigenvalue weighted by atomic mass is 10.0. The smallest absolute Gasteiger partial charge is 0.186 e. The molecule has 1 aliphatic rings. The number of nitrogens with zero attached hydrogens (tertiary/aromatic N) is 2. The summed E-state index contributed by atoms with van der Waals surface area (Å²) in [5.74, 6) is -0.185. The summed E-state index contributed by atoms with van der Waals surface area (Å²) < 4.78 is 14.6. The minimum atomic E-state index is -0.185. The number of nitrogens with one attached hydrogen (secondary N) is 1. The first-order chi connectivity index (χ1) is 11.7. The highest BCUT2D eigenvalue weighted by Crippen LogP contribution is 2.35. The molecule has 0 spiro atoms. The van der Waals surface area contributed by atoms with Gasteiger partial charge in [-0.25, -0.2) is 9.37 Å². The van der Waals surface area contributed by atoms with Crippen LogP contribution in [0.3, 0.4) is 0 Å². The van der Waals surface area contributed by atoms with Crippen molar-refractivity contribution in [1.29, 1.82) is 0 Å². The van der Waals surface area contributed by atoms with E-state index in [-0.39, 0.29) is 5.82 Å². The summed E-state index contributed by atoms with van der Waals surface area (Å²) in [7, 11) is 0. The van der Waals surface area contributed by atoms with Crippen molar-refractivity contribution in [3.8, 4) is 0 Å². The van der Waals surface area contributed by atoms with Crippen molar-refractivity contribution in [2.45, 2.75) is 13.0 Å². The molecule has 1 aliphatic heterocycles. The summed E-state index contributed by atoms with van der Waals surface area (Å²) in [6.07, 6.45) is 0.884. The van der Waals surface area contributed by atoms with Crippen molar-refractivity contribution in [1.82, 2.24) is 9.97 Å². The third-order valence-corrected chi connectivity index (χ3v) is 5.86. The first kappa shape index (κ1) is 14.3. The standard InChI is InChI=1S/C18H13ClFN3S/c19-10-1-3-15-17(7-10)24-18(22-15)23-6-5-12-13-8-11(20)2-4-14(13)21-16(12)9-23/h1-4,7-8,21H,5-6,9H2. The lowest BCUT2D eigenvalue weighted by Crippen LogP contribution is -2.29. The van der Waals surface area contributed by atoms with Gasteiger partial charge in [-0.05, 0) is 48.4 Å². The van der Waals surface area contributed by atoms with Gasteiger partial charge in [0.25, 0.3) is 0 Å². The molecule has 6 heteroatoms. The fourth-order valence-electron chi connectivity index (χ4n) is 3.40. The minimum Gasteiger partial charge on any atom is -0.357 e. The Morgan fingerprint density at radius 2 is 2.12 bits per heavy atom. The largest absolute Gasteiger partial charge is 0.357 e. The minimum absolute atomic E-state index is 0.185. The zero-order valence-electron chi connectivity index (χ0n) is 12.6. The molecule has 0 amide bonds. The van der Waals surface area contributed by atoms with E-state index in [1.54, 1.807) is 17.4 Å². The zero-order chi connectivity index (χ0) is 16.3. The molecule has 1 N–H and O–H groups in total. The van der Waals surface area contributed by atoms with E-state index < -0.39 is 0 Å². The number of anilines is 1. The van der Waals surface area contributed by atoms with Crippen LogP contribution in [0.2, 0.25) is 5.02 Å². The second kappa shape index (κ2) is 5.19. The van der Waals surface area contributed by atoms with Crippen LogP contribution < -0.4 is 4.90 Å². The number of hydrogen-bond acceptors (Lipinski definition) is 3. The monoisotopic (exact) mass is 357 g/mol. The molecule has 2 aromatic heterocycles. The van der Waals surface area contributed by atoms with Crippen molar-refractivity contribution >= 4 is 49.2 Å².